The zero-order chi connectivity index (χ0) is 12.9. The average molecular weight is 256 g/mol. The molecule has 96 valence electrons. The maximum Gasteiger partial charge on any atom is 0.416 e. The minimum absolute atomic E-state index is 0.128. The van der Waals surface area contributed by atoms with E-state index in [1.54, 1.807) is 4.57 Å². The van der Waals surface area contributed by atoms with E-state index in [0.717, 1.165) is 31.4 Å². The molecule has 0 atom stereocenters. The van der Waals surface area contributed by atoms with Crippen molar-refractivity contribution in [2.24, 2.45) is 0 Å². The summed E-state index contributed by atoms with van der Waals surface area (Å²) in [7, 11) is 0. The van der Waals surface area contributed by atoms with Gasteiger partial charge in [0, 0.05) is 6.04 Å². The first-order valence-corrected chi connectivity index (χ1v) is 5.78. The summed E-state index contributed by atoms with van der Waals surface area (Å²) in [6.45, 7) is 0. The molecule has 0 spiro atoms. The van der Waals surface area contributed by atoms with Crippen LogP contribution in [0.25, 0.3) is 11.0 Å². The predicted molar refractivity (Wildman–Crippen MR) is 60.4 cm³/mol. The maximum absolute atomic E-state index is 12.6. The van der Waals surface area contributed by atoms with Crippen LogP contribution in [0, 0.1) is 0 Å². The molecular weight excluding hydrogens is 245 g/mol. The van der Waals surface area contributed by atoms with Gasteiger partial charge in [-0.2, -0.15) is 13.2 Å². The van der Waals surface area contributed by atoms with E-state index in [4.69, 9.17) is 0 Å². The highest BCUT2D eigenvalue weighted by Crippen LogP contribution is 2.34. The van der Waals surface area contributed by atoms with E-state index < -0.39 is 11.7 Å². The summed E-state index contributed by atoms with van der Waals surface area (Å²) >= 11 is 0. The largest absolute Gasteiger partial charge is 0.416 e. The van der Waals surface area contributed by atoms with Crippen molar-refractivity contribution in [2.45, 2.75) is 31.5 Å². The van der Waals surface area contributed by atoms with Gasteiger partial charge in [0.15, 0.2) is 0 Å². The number of aromatic nitrogens is 2. The van der Waals surface area contributed by atoms with Crippen LogP contribution in [0.2, 0.25) is 0 Å². The monoisotopic (exact) mass is 256 g/mol. The summed E-state index contributed by atoms with van der Waals surface area (Å²) in [4.78, 5) is 14.3. The number of imidazole rings is 1. The number of hydrogen-bond donors (Lipinski definition) is 1. The molecule has 18 heavy (non-hydrogen) atoms. The van der Waals surface area contributed by atoms with Crippen molar-refractivity contribution >= 4 is 11.0 Å². The summed E-state index contributed by atoms with van der Waals surface area (Å²) in [5.74, 6) is 0. The average Bonchev–Trinajstić information content (AvgIpc) is 2.51. The topological polar surface area (TPSA) is 37.8 Å². The van der Waals surface area contributed by atoms with Crippen LogP contribution in [0.1, 0.15) is 30.9 Å². The second-order valence-electron chi connectivity index (χ2n) is 4.61. The summed E-state index contributed by atoms with van der Waals surface area (Å²) in [5, 5.41) is 0. The summed E-state index contributed by atoms with van der Waals surface area (Å²) in [6, 6.07) is 3.51. The Morgan fingerprint density at radius 3 is 2.56 bits per heavy atom. The SMILES string of the molecule is O=c1[nH]c2cc(C(F)(F)F)ccc2n1C1CCC1. The second kappa shape index (κ2) is 3.63. The van der Waals surface area contributed by atoms with Crippen LogP contribution in [-0.4, -0.2) is 9.55 Å². The van der Waals surface area contributed by atoms with Crippen molar-refractivity contribution in [3.8, 4) is 0 Å². The van der Waals surface area contributed by atoms with E-state index >= 15 is 0 Å². The zero-order valence-electron chi connectivity index (χ0n) is 9.42. The van der Waals surface area contributed by atoms with Gasteiger partial charge >= 0.3 is 11.9 Å². The molecule has 1 saturated carbocycles. The molecule has 6 heteroatoms. The molecule has 2 aromatic rings. The second-order valence-corrected chi connectivity index (χ2v) is 4.61. The lowest BCUT2D eigenvalue weighted by Gasteiger charge is -2.26. The Labute approximate surface area is 100 Å². The molecule has 0 unspecified atom stereocenters. The first-order valence-electron chi connectivity index (χ1n) is 5.78. The number of rotatable bonds is 1. The smallest absolute Gasteiger partial charge is 0.306 e. The maximum atomic E-state index is 12.6. The van der Waals surface area contributed by atoms with Gasteiger partial charge in [-0.3, -0.25) is 4.57 Å². The third-order valence-corrected chi connectivity index (χ3v) is 3.48. The molecule has 0 aliphatic heterocycles. The van der Waals surface area contributed by atoms with E-state index in [2.05, 4.69) is 4.98 Å². The lowest BCUT2D eigenvalue weighted by molar-refractivity contribution is -0.137. The fourth-order valence-electron chi connectivity index (χ4n) is 2.31. The highest BCUT2D eigenvalue weighted by atomic mass is 19.4. The summed E-state index contributed by atoms with van der Waals surface area (Å²) < 4.78 is 39.2. The van der Waals surface area contributed by atoms with Gasteiger partial charge in [-0.05, 0) is 37.5 Å². The zero-order valence-corrected chi connectivity index (χ0v) is 9.42. The molecule has 1 fully saturated rings. The van der Waals surface area contributed by atoms with Crippen molar-refractivity contribution < 1.29 is 13.2 Å². The summed E-state index contributed by atoms with van der Waals surface area (Å²) in [6.07, 6.45) is -1.50. The fourth-order valence-corrected chi connectivity index (χ4v) is 2.31. The Morgan fingerprint density at radius 1 is 1.28 bits per heavy atom. The quantitative estimate of drug-likeness (QED) is 0.836. The molecule has 1 N–H and O–H groups in total. The summed E-state index contributed by atoms with van der Waals surface area (Å²) in [5.41, 5.74) is -0.259. The minimum atomic E-state index is -4.39. The molecule has 1 aromatic heterocycles. The van der Waals surface area contributed by atoms with E-state index in [1.807, 2.05) is 0 Å². The molecule has 1 aromatic carbocycles. The van der Waals surface area contributed by atoms with Crippen LogP contribution in [0.5, 0.6) is 0 Å². The molecule has 0 saturated heterocycles. The highest BCUT2D eigenvalue weighted by molar-refractivity contribution is 5.76. The Hall–Kier alpha value is -1.72. The number of halogens is 3. The van der Waals surface area contributed by atoms with Crippen LogP contribution in [0.4, 0.5) is 13.2 Å². The van der Waals surface area contributed by atoms with E-state index in [9.17, 15) is 18.0 Å². The van der Waals surface area contributed by atoms with Crippen LogP contribution in [-0.2, 0) is 6.18 Å². The third kappa shape index (κ3) is 1.63. The Morgan fingerprint density at radius 2 is 2.00 bits per heavy atom. The standard InChI is InChI=1S/C12H11F3N2O/c13-12(14,15)7-4-5-10-9(6-7)16-11(18)17(10)8-2-1-3-8/h4-6,8H,1-3H2,(H,16,18). The Kier molecular flexibility index (Phi) is 2.30. The number of hydrogen-bond acceptors (Lipinski definition) is 1. The van der Waals surface area contributed by atoms with Gasteiger partial charge in [0.25, 0.3) is 0 Å². The molecule has 3 nitrogen and oxygen atoms in total. The Bertz CT molecular complexity index is 649. The lowest BCUT2D eigenvalue weighted by Crippen LogP contribution is -2.26. The van der Waals surface area contributed by atoms with E-state index in [1.165, 1.54) is 6.07 Å². The normalized spacial score (nSPS) is 17.1. The van der Waals surface area contributed by atoms with Gasteiger partial charge in [-0.15, -0.1) is 0 Å². The van der Waals surface area contributed by atoms with Gasteiger partial charge in [0.2, 0.25) is 0 Å². The van der Waals surface area contributed by atoms with Crippen molar-refractivity contribution in [3.63, 3.8) is 0 Å². The van der Waals surface area contributed by atoms with Gasteiger partial charge in [-0.1, -0.05) is 0 Å². The van der Waals surface area contributed by atoms with Crippen molar-refractivity contribution in [2.75, 3.05) is 0 Å². The van der Waals surface area contributed by atoms with Crippen LogP contribution < -0.4 is 5.69 Å². The van der Waals surface area contributed by atoms with E-state index in [0.29, 0.717) is 5.52 Å². The van der Waals surface area contributed by atoms with Gasteiger partial charge in [0.1, 0.15) is 0 Å². The molecule has 0 amide bonds. The molecular formula is C12H11F3N2O. The number of fused-ring (bicyclic) bond motifs is 1. The van der Waals surface area contributed by atoms with E-state index in [-0.39, 0.29) is 17.2 Å². The van der Waals surface area contributed by atoms with Crippen LogP contribution in [0.15, 0.2) is 23.0 Å². The molecule has 0 radical (unpaired) electrons. The van der Waals surface area contributed by atoms with Crippen molar-refractivity contribution in [1.29, 1.82) is 0 Å². The van der Waals surface area contributed by atoms with Crippen molar-refractivity contribution in [3.05, 3.63) is 34.2 Å². The number of benzene rings is 1. The number of H-pyrrole nitrogens is 1. The van der Waals surface area contributed by atoms with Crippen LogP contribution in [0.3, 0.4) is 0 Å². The van der Waals surface area contributed by atoms with Crippen molar-refractivity contribution in [1.82, 2.24) is 9.55 Å². The van der Waals surface area contributed by atoms with Gasteiger partial charge in [-0.25, -0.2) is 4.79 Å². The number of aromatic amines is 1. The predicted octanol–water partition coefficient (Wildman–Crippen LogP) is 3.07. The van der Waals surface area contributed by atoms with Gasteiger partial charge < -0.3 is 4.98 Å². The first-order chi connectivity index (χ1) is 8.47. The molecule has 3 rings (SSSR count). The first kappa shape index (κ1) is 11.4. The lowest BCUT2D eigenvalue weighted by atomic mass is 9.93. The Balaban J connectivity index is 2.17. The molecule has 0 bridgehead atoms. The van der Waals surface area contributed by atoms with Crippen LogP contribution >= 0.6 is 0 Å². The van der Waals surface area contributed by atoms with Gasteiger partial charge in [0.05, 0.1) is 16.6 Å². The number of nitrogens with one attached hydrogen (secondary N) is 1. The third-order valence-electron chi connectivity index (χ3n) is 3.48. The molecule has 1 heterocycles. The molecule has 1 aliphatic rings. The number of alkyl halides is 3. The number of nitrogens with zero attached hydrogens (tertiary/aromatic N) is 1. The highest BCUT2D eigenvalue weighted by Gasteiger charge is 2.31. The minimum Gasteiger partial charge on any atom is -0.306 e. The fraction of sp³-hybridized carbons (Fsp3) is 0.417. The molecule has 1 aliphatic carbocycles.